The van der Waals surface area contributed by atoms with Crippen molar-refractivity contribution in [2.24, 2.45) is 17.6 Å². The standard InChI is InChI=1S/C13H18F3NS/c14-13(15,16)11-3-1-10(2-4-11)12(17)7-9-5-6-18-8-9/h5-6,8,10-12H,1-4,7,17H2. The monoisotopic (exact) mass is 277 g/mol. The van der Waals surface area contributed by atoms with Crippen LogP contribution in [-0.2, 0) is 6.42 Å². The molecule has 1 aromatic heterocycles. The van der Waals surface area contributed by atoms with Gasteiger partial charge >= 0.3 is 6.18 Å². The van der Waals surface area contributed by atoms with Gasteiger partial charge in [0.25, 0.3) is 0 Å². The van der Waals surface area contributed by atoms with Crippen LogP contribution in [-0.4, -0.2) is 12.2 Å². The van der Waals surface area contributed by atoms with Crippen LogP contribution in [0.15, 0.2) is 16.8 Å². The topological polar surface area (TPSA) is 26.0 Å². The third kappa shape index (κ3) is 3.48. The van der Waals surface area contributed by atoms with Crippen molar-refractivity contribution in [1.82, 2.24) is 0 Å². The zero-order valence-corrected chi connectivity index (χ0v) is 10.9. The second kappa shape index (κ2) is 5.61. The van der Waals surface area contributed by atoms with Crippen LogP contribution in [0, 0.1) is 11.8 Å². The van der Waals surface area contributed by atoms with Crippen molar-refractivity contribution in [2.75, 3.05) is 0 Å². The van der Waals surface area contributed by atoms with Gasteiger partial charge in [-0.1, -0.05) is 0 Å². The van der Waals surface area contributed by atoms with Crippen molar-refractivity contribution >= 4 is 11.3 Å². The number of hydrogen-bond acceptors (Lipinski definition) is 2. The highest BCUT2D eigenvalue weighted by Crippen LogP contribution is 2.40. The lowest BCUT2D eigenvalue weighted by molar-refractivity contribution is -0.184. The van der Waals surface area contributed by atoms with Crippen LogP contribution in [0.1, 0.15) is 31.2 Å². The summed E-state index contributed by atoms with van der Waals surface area (Å²) in [4.78, 5) is 0. The lowest BCUT2D eigenvalue weighted by atomic mass is 9.77. The Labute approximate surface area is 109 Å². The SMILES string of the molecule is NC(Cc1ccsc1)C1CCC(C(F)(F)F)CC1. The molecule has 0 spiro atoms. The van der Waals surface area contributed by atoms with Gasteiger partial charge in [0.05, 0.1) is 5.92 Å². The van der Waals surface area contributed by atoms with Crippen molar-refractivity contribution in [3.63, 3.8) is 0 Å². The molecule has 102 valence electrons. The van der Waals surface area contributed by atoms with E-state index < -0.39 is 12.1 Å². The molecule has 5 heteroatoms. The fourth-order valence-electron chi connectivity index (χ4n) is 2.72. The minimum absolute atomic E-state index is 0.00576. The summed E-state index contributed by atoms with van der Waals surface area (Å²) in [6.45, 7) is 0. The Balaban J connectivity index is 1.82. The zero-order valence-electron chi connectivity index (χ0n) is 10.1. The maximum Gasteiger partial charge on any atom is 0.391 e. The summed E-state index contributed by atoms with van der Waals surface area (Å²) < 4.78 is 37.6. The fourth-order valence-corrected chi connectivity index (χ4v) is 3.40. The molecule has 1 aromatic rings. The average molecular weight is 277 g/mol. The van der Waals surface area contributed by atoms with Gasteiger partial charge in [0.1, 0.15) is 0 Å². The zero-order chi connectivity index (χ0) is 13.2. The number of halogens is 3. The Morgan fingerprint density at radius 1 is 1.28 bits per heavy atom. The first-order chi connectivity index (χ1) is 8.47. The van der Waals surface area contributed by atoms with E-state index in [1.807, 2.05) is 11.4 Å². The third-order valence-electron chi connectivity index (χ3n) is 3.89. The van der Waals surface area contributed by atoms with Crippen molar-refractivity contribution in [3.05, 3.63) is 22.4 Å². The van der Waals surface area contributed by atoms with E-state index in [-0.39, 0.29) is 24.8 Å². The van der Waals surface area contributed by atoms with Gasteiger partial charge in [0.2, 0.25) is 0 Å². The van der Waals surface area contributed by atoms with Gasteiger partial charge < -0.3 is 5.73 Å². The lowest BCUT2D eigenvalue weighted by Crippen LogP contribution is -2.37. The molecule has 1 fully saturated rings. The van der Waals surface area contributed by atoms with Crippen molar-refractivity contribution in [2.45, 2.75) is 44.3 Å². The molecule has 0 aromatic carbocycles. The average Bonchev–Trinajstić information content (AvgIpc) is 2.81. The number of rotatable bonds is 3. The smallest absolute Gasteiger partial charge is 0.327 e. The van der Waals surface area contributed by atoms with Gasteiger partial charge in [-0.15, -0.1) is 0 Å². The van der Waals surface area contributed by atoms with E-state index in [0.717, 1.165) is 6.42 Å². The van der Waals surface area contributed by atoms with Gasteiger partial charge in [0.15, 0.2) is 0 Å². The molecule has 0 bridgehead atoms. The van der Waals surface area contributed by atoms with Gasteiger partial charge in [-0.25, -0.2) is 0 Å². The minimum Gasteiger partial charge on any atom is -0.327 e. The van der Waals surface area contributed by atoms with E-state index in [4.69, 9.17) is 5.73 Å². The van der Waals surface area contributed by atoms with Crippen LogP contribution in [0.25, 0.3) is 0 Å². The number of thiophene rings is 1. The molecule has 2 N–H and O–H groups in total. The summed E-state index contributed by atoms with van der Waals surface area (Å²) >= 11 is 1.63. The Bertz CT molecular complexity index is 353. The Morgan fingerprint density at radius 2 is 1.94 bits per heavy atom. The first-order valence-corrected chi connectivity index (χ1v) is 7.24. The molecule has 1 atom stereocenters. The number of nitrogens with two attached hydrogens (primary N) is 1. The first-order valence-electron chi connectivity index (χ1n) is 6.30. The molecule has 0 amide bonds. The summed E-state index contributed by atoms with van der Waals surface area (Å²) in [6.07, 6.45) is -1.55. The summed E-state index contributed by atoms with van der Waals surface area (Å²) in [5.74, 6) is -0.870. The summed E-state index contributed by atoms with van der Waals surface area (Å²) in [6, 6.07) is 2.03. The number of alkyl halides is 3. The normalized spacial score (nSPS) is 27.1. The molecule has 1 aliphatic carbocycles. The van der Waals surface area contributed by atoms with Crippen molar-refractivity contribution < 1.29 is 13.2 Å². The van der Waals surface area contributed by atoms with E-state index in [1.54, 1.807) is 11.3 Å². The van der Waals surface area contributed by atoms with Crippen LogP contribution in [0.5, 0.6) is 0 Å². The van der Waals surface area contributed by atoms with E-state index in [9.17, 15) is 13.2 Å². The Kier molecular flexibility index (Phi) is 4.33. The lowest BCUT2D eigenvalue weighted by Gasteiger charge is -2.33. The molecular formula is C13H18F3NS. The number of hydrogen-bond donors (Lipinski definition) is 1. The largest absolute Gasteiger partial charge is 0.391 e. The molecule has 0 saturated heterocycles. The molecule has 1 nitrogen and oxygen atoms in total. The molecule has 0 radical (unpaired) electrons. The predicted octanol–water partition coefficient (Wildman–Crippen LogP) is 3.99. The fraction of sp³-hybridized carbons (Fsp3) is 0.692. The predicted molar refractivity (Wildman–Crippen MR) is 67.5 cm³/mol. The molecule has 1 aliphatic rings. The third-order valence-corrected chi connectivity index (χ3v) is 4.62. The van der Waals surface area contributed by atoms with Crippen molar-refractivity contribution in [1.29, 1.82) is 0 Å². The molecule has 1 unspecified atom stereocenters. The van der Waals surface area contributed by atoms with E-state index in [2.05, 4.69) is 5.38 Å². The van der Waals surface area contributed by atoms with E-state index in [0.29, 0.717) is 12.8 Å². The second-order valence-electron chi connectivity index (χ2n) is 5.15. The van der Waals surface area contributed by atoms with E-state index in [1.165, 1.54) is 5.56 Å². The van der Waals surface area contributed by atoms with Crippen LogP contribution < -0.4 is 5.73 Å². The maximum atomic E-state index is 12.5. The first kappa shape index (κ1) is 13.9. The van der Waals surface area contributed by atoms with Crippen LogP contribution in [0.4, 0.5) is 13.2 Å². The Hall–Kier alpha value is -0.550. The molecule has 1 heterocycles. The highest BCUT2D eigenvalue weighted by molar-refractivity contribution is 7.07. The van der Waals surface area contributed by atoms with Crippen LogP contribution in [0.2, 0.25) is 0 Å². The van der Waals surface area contributed by atoms with E-state index >= 15 is 0 Å². The second-order valence-corrected chi connectivity index (χ2v) is 5.93. The quantitative estimate of drug-likeness (QED) is 0.888. The molecule has 2 rings (SSSR count). The molecule has 18 heavy (non-hydrogen) atoms. The molecular weight excluding hydrogens is 259 g/mol. The molecule has 0 aliphatic heterocycles. The van der Waals surface area contributed by atoms with Crippen LogP contribution >= 0.6 is 11.3 Å². The van der Waals surface area contributed by atoms with Gasteiger partial charge in [-0.3, -0.25) is 0 Å². The van der Waals surface area contributed by atoms with Crippen molar-refractivity contribution in [3.8, 4) is 0 Å². The summed E-state index contributed by atoms with van der Waals surface area (Å²) in [7, 11) is 0. The Morgan fingerprint density at radius 3 is 2.44 bits per heavy atom. The highest BCUT2D eigenvalue weighted by Gasteiger charge is 2.42. The highest BCUT2D eigenvalue weighted by atomic mass is 32.1. The van der Waals surface area contributed by atoms with Gasteiger partial charge in [0, 0.05) is 6.04 Å². The van der Waals surface area contributed by atoms with Crippen LogP contribution in [0.3, 0.4) is 0 Å². The molecule has 1 saturated carbocycles. The van der Waals surface area contributed by atoms with Gasteiger partial charge in [-0.2, -0.15) is 24.5 Å². The summed E-state index contributed by atoms with van der Waals surface area (Å²) in [5, 5.41) is 4.06. The maximum absolute atomic E-state index is 12.5. The van der Waals surface area contributed by atoms with Gasteiger partial charge in [-0.05, 0) is 60.4 Å². The summed E-state index contributed by atoms with van der Waals surface area (Å²) in [5.41, 5.74) is 7.32. The minimum atomic E-state index is -4.03.